The quantitative estimate of drug-likeness (QED) is 0.673. The van der Waals surface area contributed by atoms with Crippen LogP contribution in [-0.4, -0.2) is 17.0 Å². The van der Waals surface area contributed by atoms with Gasteiger partial charge in [-0.3, -0.25) is 15.1 Å². The second-order valence-corrected chi connectivity index (χ2v) is 3.70. The predicted molar refractivity (Wildman–Crippen MR) is 70.4 cm³/mol. The van der Waals surface area contributed by atoms with Crippen LogP contribution >= 0.6 is 0 Å². The van der Waals surface area contributed by atoms with Crippen LogP contribution in [0, 0.1) is 17.0 Å². The topological polar surface area (TPSA) is 77.3 Å². The van der Waals surface area contributed by atoms with E-state index in [0.717, 1.165) is 0 Å². The SMILES string of the molecule is [CH]c1cc(Oc2ccc(NC)c([N+](=O)[O-])c2)ccn1. The molecule has 0 atom stereocenters. The van der Waals surface area contributed by atoms with Crippen molar-refractivity contribution in [3.63, 3.8) is 0 Å². The van der Waals surface area contributed by atoms with Gasteiger partial charge in [-0.15, -0.1) is 0 Å². The molecule has 19 heavy (non-hydrogen) atoms. The molecule has 0 saturated carbocycles. The highest BCUT2D eigenvalue weighted by Gasteiger charge is 2.14. The molecule has 0 spiro atoms. The second-order valence-electron chi connectivity index (χ2n) is 3.70. The summed E-state index contributed by atoms with van der Waals surface area (Å²) in [6, 6.07) is 7.72. The highest BCUT2D eigenvalue weighted by atomic mass is 16.6. The molecule has 0 amide bonds. The van der Waals surface area contributed by atoms with E-state index in [9.17, 15) is 10.1 Å². The Labute approximate surface area is 110 Å². The van der Waals surface area contributed by atoms with Crippen molar-refractivity contribution in [2.45, 2.75) is 0 Å². The summed E-state index contributed by atoms with van der Waals surface area (Å²) < 4.78 is 5.50. The third-order valence-electron chi connectivity index (χ3n) is 2.42. The molecular formula is C13H11N3O3. The minimum absolute atomic E-state index is 0.0537. The molecule has 1 aromatic heterocycles. The third-order valence-corrected chi connectivity index (χ3v) is 2.42. The maximum Gasteiger partial charge on any atom is 0.296 e. The zero-order valence-electron chi connectivity index (χ0n) is 10.2. The Morgan fingerprint density at radius 1 is 1.32 bits per heavy atom. The van der Waals surface area contributed by atoms with Crippen LogP contribution in [0.2, 0.25) is 0 Å². The molecule has 6 heteroatoms. The van der Waals surface area contributed by atoms with Crippen LogP contribution in [0.5, 0.6) is 11.5 Å². The van der Waals surface area contributed by atoms with Gasteiger partial charge in [-0.2, -0.15) is 0 Å². The summed E-state index contributed by atoms with van der Waals surface area (Å²) in [4.78, 5) is 14.3. The van der Waals surface area contributed by atoms with Crippen molar-refractivity contribution in [3.8, 4) is 11.5 Å². The van der Waals surface area contributed by atoms with Crippen molar-refractivity contribution in [2.24, 2.45) is 0 Å². The van der Waals surface area contributed by atoms with Gasteiger partial charge < -0.3 is 10.1 Å². The van der Waals surface area contributed by atoms with Gasteiger partial charge in [0.05, 0.1) is 11.0 Å². The summed E-state index contributed by atoms with van der Waals surface area (Å²) >= 11 is 0. The normalized spacial score (nSPS) is 10.0. The lowest BCUT2D eigenvalue weighted by Crippen LogP contribution is -1.97. The first-order valence-electron chi connectivity index (χ1n) is 5.45. The number of pyridine rings is 1. The maximum absolute atomic E-state index is 10.9. The van der Waals surface area contributed by atoms with Crippen molar-refractivity contribution in [1.82, 2.24) is 4.98 Å². The van der Waals surface area contributed by atoms with E-state index in [1.54, 1.807) is 25.2 Å². The monoisotopic (exact) mass is 257 g/mol. The highest BCUT2D eigenvalue weighted by molar-refractivity contribution is 5.63. The first-order chi connectivity index (χ1) is 9.10. The standard InChI is InChI=1S/C13H11N3O3/c1-9-7-11(5-6-15-9)19-10-3-4-12(14-2)13(8-10)16(17)18/h1,3-8,14H,2H3. The van der Waals surface area contributed by atoms with E-state index >= 15 is 0 Å². The van der Waals surface area contributed by atoms with Crippen molar-refractivity contribution in [2.75, 3.05) is 12.4 Å². The molecule has 0 aliphatic carbocycles. The molecule has 1 aromatic carbocycles. The molecule has 1 N–H and O–H groups in total. The third kappa shape index (κ3) is 2.98. The fourth-order valence-electron chi connectivity index (χ4n) is 1.56. The fourth-order valence-corrected chi connectivity index (χ4v) is 1.56. The highest BCUT2D eigenvalue weighted by Crippen LogP contribution is 2.31. The van der Waals surface area contributed by atoms with Gasteiger partial charge in [0.1, 0.15) is 17.2 Å². The number of rotatable bonds is 4. The summed E-state index contributed by atoms with van der Waals surface area (Å²) in [7, 11) is 1.62. The van der Waals surface area contributed by atoms with Crippen molar-refractivity contribution < 1.29 is 9.66 Å². The first kappa shape index (κ1) is 12.8. The van der Waals surface area contributed by atoms with Crippen molar-refractivity contribution in [3.05, 3.63) is 59.3 Å². The van der Waals surface area contributed by atoms with Crippen LogP contribution in [0.25, 0.3) is 0 Å². The van der Waals surface area contributed by atoms with Gasteiger partial charge in [-0.05, 0) is 18.2 Å². The van der Waals surface area contributed by atoms with E-state index in [1.165, 1.54) is 18.3 Å². The van der Waals surface area contributed by atoms with E-state index in [-0.39, 0.29) is 5.69 Å². The molecule has 0 bridgehead atoms. The summed E-state index contributed by atoms with van der Waals surface area (Å²) in [6.45, 7) is 5.53. The summed E-state index contributed by atoms with van der Waals surface area (Å²) in [5, 5.41) is 13.7. The molecule has 2 rings (SSSR count). The summed E-state index contributed by atoms with van der Waals surface area (Å²) in [5.41, 5.74) is 0.687. The van der Waals surface area contributed by atoms with Crippen LogP contribution in [0.15, 0.2) is 36.5 Å². The van der Waals surface area contributed by atoms with Crippen LogP contribution < -0.4 is 10.1 Å². The average molecular weight is 257 g/mol. The molecule has 0 aliphatic rings. The van der Waals surface area contributed by atoms with Gasteiger partial charge in [0.2, 0.25) is 0 Å². The molecule has 0 unspecified atom stereocenters. The number of nitrogens with zero attached hydrogens (tertiary/aromatic N) is 2. The number of ether oxygens (including phenoxy) is 1. The number of nitrogens with one attached hydrogen (secondary N) is 1. The van der Waals surface area contributed by atoms with Crippen molar-refractivity contribution in [1.29, 1.82) is 0 Å². The van der Waals surface area contributed by atoms with E-state index in [1.807, 2.05) is 0 Å². The van der Waals surface area contributed by atoms with E-state index < -0.39 is 4.92 Å². The molecule has 6 nitrogen and oxygen atoms in total. The minimum atomic E-state index is -0.473. The molecule has 0 saturated heterocycles. The largest absolute Gasteiger partial charge is 0.457 e. The molecular weight excluding hydrogens is 246 g/mol. The number of nitro benzene ring substituents is 1. The van der Waals surface area contributed by atoms with Crippen LogP contribution in [-0.2, 0) is 0 Å². The minimum Gasteiger partial charge on any atom is -0.457 e. The lowest BCUT2D eigenvalue weighted by Gasteiger charge is -2.07. The predicted octanol–water partition coefficient (Wildman–Crippen LogP) is 2.88. The molecule has 1 heterocycles. The summed E-state index contributed by atoms with van der Waals surface area (Å²) in [5.74, 6) is 0.829. The number of aromatic nitrogens is 1. The van der Waals surface area contributed by atoms with Gasteiger partial charge in [0.15, 0.2) is 0 Å². The van der Waals surface area contributed by atoms with Gasteiger partial charge in [0.25, 0.3) is 5.69 Å². The van der Waals surface area contributed by atoms with Crippen LogP contribution in [0.3, 0.4) is 0 Å². The van der Waals surface area contributed by atoms with E-state index in [0.29, 0.717) is 22.9 Å². The van der Waals surface area contributed by atoms with Crippen LogP contribution in [0.1, 0.15) is 5.69 Å². The number of hydrogen-bond acceptors (Lipinski definition) is 5. The summed E-state index contributed by atoms with van der Waals surface area (Å²) in [6.07, 6.45) is 1.50. The number of benzene rings is 1. The van der Waals surface area contributed by atoms with Gasteiger partial charge in [-0.1, -0.05) is 0 Å². The number of nitro groups is 1. The Morgan fingerprint density at radius 3 is 2.68 bits per heavy atom. The molecule has 2 radical (unpaired) electrons. The second kappa shape index (κ2) is 5.34. The van der Waals surface area contributed by atoms with Crippen molar-refractivity contribution >= 4 is 11.4 Å². The Hall–Kier alpha value is -2.63. The van der Waals surface area contributed by atoms with E-state index in [2.05, 4.69) is 10.3 Å². The maximum atomic E-state index is 10.9. The lowest BCUT2D eigenvalue weighted by molar-refractivity contribution is -0.384. The zero-order valence-corrected chi connectivity index (χ0v) is 10.2. The Morgan fingerprint density at radius 2 is 2.05 bits per heavy atom. The lowest BCUT2D eigenvalue weighted by atomic mass is 10.2. The molecule has 0 aliphatic heterocycles. The average Bonchev–Trinajstić information content (AvgIpc) is 2.38. The van der Waals surface area contributed by atoms with Gasteiger partial charge in [0, 0.05) is 31.9 Å². The molecule has 2 aromatic rings. The Balaban J connectivity index is 2.31. The Bertz CT molecular complexity index is 614. The Kier molecular flexibility index (Phi) is 3.61. The molecule has 96 valence electrons. The fraction of sp³-hybridized carbons (Fsp3) is 0.0769. The first-order valence-corrected chi connectivity index (χ1v) is 5.45. The molecule has 0 fully saturated rings. The van der Waals surface area contributed by atoms with Gasteiger partial charge >= 0.3 is 0 Å². The van der Waals surface area contributed by atoms with Crippen LogP contribution in [0.4, 0.5) is 11.4 Å². The number of anilines is 1. The van der Waals surface area contributed by atoms with E-state index in [4.69, 9.17) is 11.7 Å². The zero-order chi connectivity index (χ0) is 13.8. The number of hydrogen-bond donors (Lipinski definition) is 1. The van der Waals surface area contributed by atoms with Gasteiger partial charge in [-0.25, -0.2) is 0 Å². The smallest absolute Gasteiger partial charge is 0.296 e.